The van der Waals surface area contributed by atoms with Crippen LogP contribution in [0.2, 0.25) is 0 Å². The minimum Gasteiger partial charge on any atom is -0.312 e. The lowest BCUT2D eigenvalue weighted by molar-refractivity contribution is -0.117. The summed E-state index contributed by atoms with van der Waals surface area (Å²) in [5.74, 6) is -0.146. The second kappa shape index (κ2) is 7.31. The molecular weight excluding hydrogens is 344 g/mol. The van der Waals surface area contributed by atoms with Crippen LogP contribution < -0.4 is 10.2 Å². The number of amides is 2. The molecule has 0 saturated carbocycles. The predicted octanol–water partition coefficient (Wildman–Crippen LogP) is 3.42. The second-order valence-corrected chi connectivity index (χ2v) is 8.49. The molecule has 0 unspecified atom stereocenters. The molecule has 6 nitrogen and oxygen atoms in total. The van der Waals surface area contributed by atoms with Gasteiger partial charge in [0.2, 0.25) is 11.0 Å². The fourth-order valence-corrected chi connectivity index (χ4v) is 4.39. The first-order valence-corrected chi connectivity index (χ1v) is 9.44. The van der Waals surface area contributed by atoms with E-state index in [9.17, 15) is 9.59 Å². The van der Waals surface area contributed by atoms with Gasteiger partial charge >= 0.3 is 0 Å². The average molecular weight is 362 g/mol. The standard InChI is InChI=1S/C16H18N4O2S2/c1-10(2)23-16-19-18-15(24-16)17-14(22)11-5-3-6-12(9-11)20-8-4-7-13(20)21/h3,5-6,9-10H,4,7-8H2,1-2H3,(H,17,18,22). The molecule has 1 fully saturated rings. The quantitative estimate of drug-likeness (QED) is 0.651. The van der Waals surface area contributed by atoms with Gasteiger partial charge in [-0.25, -0.2) is 0 Å². The Morgan fingerprint density at radius 3 is 2.92 bits per heavy atom. The molecule has 0 bridgehead atoms. The van der Waals surface area contributed by atoms with Gasteiger partial charge in [-0.05, 0) is 24.6 Å². The summed E-state index contributed by atoms with van der Waals surface area (Å²) in [5, 5.41) is 11.7. The number of carbonyl (C=O) groups excluding carboxylic acids is 2. The Morgan fingerprint density at radius 2 is 2.21 bits per heavy atom. The summed E-state index contributed by atoms with van der Waals surface area (Å²) in [6.45, 7) is 4.86. The minimum absolute atomic E-state index is 0.104. The van der Waals surface area contributed by atoms with Crippen LogP contribution >= 0.6 is 23.1 Å². The first-order valence-electron chi connectivity index (χ1n) is 7.75. The van der Waals surface area contributed by atoms with Crippen molar-refractivity contribution in [1.82, 2.24) is 10.2 Å². The lowest BCUT2D eigenvalue weighted by Crippen LogP contribution is -2.24. The topological polar surface area (TPSA) is 75.2 Å². The van der Waals surface area contributed by atoms with Gasteiger partial charge < -0.3 is 4.90 Å². The van der Waals surface area contributed by atoms with E-state index in [4.69, 9.17) is 0 Å². The van der Waals surface area contributed by atoms with Crippen LogP contribution in [0, 0.1) is 0 Å². The maximum absolute atomic E-state index is 12.4. The molecule has 126 valence electrons. The zero-order valence-electron chi connectivity index (χ0n) is 13.5. The molecule has 24 heavy (non-hydrogen) atoms. The average Bonchev–Trinajstić information content (AvgIpc) is 3.16. The molecule has 0 aliphatic carbocycles. The Hall–Kier alpha value is -1.93. The van der Waals surface area contributed by atoms with E-state index in [1.807, 2.05) is 6.07 Å². The summed E-state index contributed by atoms with van der Waals surface area (Å²) in [6.07, 6.45) is 1.42. The number of anilines is 2. The van der Waals surface area contributed by atoms with Gasteiger partial charge in [0.1, 0.15) is 0 Å². The highest BCUT2D eigenvalue weighted by Crippen LogP contribution is 2.29. The molecular formula is C16H18N4O2S2. The fourth-order valence-electron chi connectivity index (χ4n) is 2.42. The number of rotatable bonds is 5. The zero-order valence-corrected chi connectivity index (χ0v) is 15.1. The number of thioether (sulfide) groups is 1. The van der Waals surface area contributed by atoms with E-state index in [1.54, 1.807) is 34.9 Å². The van der Waals surface area contributed by atoms with Crippen LogP contribution in [0.4, 0.5) is 10.8 Å². The number of nitrogens with zero attached hydrogens (tertiary/aromatic N) is 3. The van der Waals surface area contributed by atoms with Crippen molar-refractivity contribution in [1.29, 1.82) is 0 Å². The Kier molecular flexibility index (Phi) is 5.15. The number of benzene rings is 1. The molecule has 8 heteroatoms. The highest BCUT2D eigenvalue weighted by molar-refractivity contribution is 8.01. The van der Waals surface area contributed by atoms with E-state index in [1.165, 1.54) is 11.3 Å². The lowest BCUT2D eigenvalue weighted by Gasteiger charge is -2.16. The van der Waals surface area contributed by atoms with E-state index in [0.717, 1.165) is 16.4 Å². The lowest BCUT2D eigenvalue weighted by atomic mass is 10.2. The third-order valence-corrected chi connectivity index (χ3v) is 5.38. The maximum Gasteiger partial charge on any atom is 0.257 e. The normalized spacial score (nSPS) is 14.5. The van der Waals surface area contributed by atoms with Gasteiger partial charge in [0.25, 0.3) is 5.91 Å². The predicted molar refractivity (Wildman–Crippen MR) is 96.9 cm³/mol. The summed E-state index contributed by atoms with van der Waals surface area (Å²) in [5.41, 5.74) is 1.26. The molecule has 1 N–H and O–H groups in total. The second-order valence-electron chi connectivity index (χ2n) is 5.69. The van der Waals surface area contributed by atoms with Crippen molar-refractivity contribution in [2.45, 2.75) is 36.3 Å². The molecule has 1 aliphatic rings. The number of carbonyl (C=O) groups is 2. The molecule has 0 atom stereocenters. The maximum atomic E-state index is 12.4. The van der Waals surface area contributed by atoms with E-state index < -0.39 is 0 Å². The molecule has 0 radical (unpaired) electrons. The summed E-state index contributed by atoms with van der Waals surface area (Å²) < 4.78 is 0.830. The Morgan fingerprint density at radius 1 is 1.38 bits per heavy atom. The molecule has 3 rings (SSSR count). The number of hydrogen-bond donors (Lipinski definition) is 1. The highest BCUT2D eigenvalue weighted by Gasteiger charge is 2.22. The van der Waals surface area contributed by atoms with Crippen molar-refractivity contribution in [2.75, 3.05) is 16.8 Å². The number of aromatic nitrogens is 2. The van der Waals surface area contributed by atoms with E-state index >= 15 is 0 Å². The fraction of sp³-hybridized carbons (Fsp3) is 0.375. The Bertz CT molecular complexity index is 760. The van der Waals surface area contributed by atoms with Crippen molar-refractivity contribution in [3.05, 3.63) is 29.8 Å². The van der Waals surface area contributed by atoms with Crippen LogP contribution in [0.3, 0.4) is 0 Å². The van der Waals surface area contributed by atoms with Crippen molar-refractivity contribution >= 4 is 45.7 Å². The molecule has 2 amide bonds. The van der Waals surface area contributed by atoms with Gasteiger partial charge in [0, 0.05) is 29.5 Å². The van der Waals surface area contributed by atoms with Crippen molar-refractivity contribution in [3.8, 4) is 0 Å². The number of hydrogen-bond acceptors (Lipinski definition) is 6. The SMILES string of the molecule is CC(C)Sc1nnc(NC(=O)c2cccc(N3CCCC3=O)c2)s1. The monoisotopic (exact) mass is 362 g/mol. The zero-order chi connectivity index (χ0) is 17.1. The summed E-state index contributed by atoms with van der Waals surface area (Å²) in [7, 11) is 0. The largest absolute Gasteiger partial charge is 0.312 e. The summed E-state index contributed by atoms with van der Waals surface area (Å²) in [6, 6.07) is 7.10. The molecule has 0 spiro atoms. The van der Waals surface area contributed by atoms with Crippen molar-refractivity contribution in [3.63, 3.8) is 0 Å². The van der Waals surface area contributed by atoms with Crippen molar-refractivity contribution < 1.29 is 9.59 Å². The van der Waals surface area contributed by atoms with Crippen LogP contribution in [0.25, 0.3) is 0 Å². The smallest absolute Gasteiger partial charge is 0.257 e. The summed E-state index contributed by atoms with van der Waals surface area (Å²) in [4.78, 5) is 26.0. The van der Waals surface area contributed by atoms with Gasteiger partial charge in [0.15, 0.2) is 4.34 Å². The van der Waals surface area contributed by atoms with E-state index in [-0.39, 0.29) is 11.8 Å². The third kappa shape index (κ3) is 3.93. The Labute approximate surface area is 148 Å². The molecule has 2 aromatic rings. The van der Waals surface area contributed by atoms with E-state index in [2.05, 4.69) is 29.4 Å². The van der Waals surface area contributed by atoms with Gasteiger partial charge in [-0.1, -0.05) is 43.0 Å². The van der Waals surface area contributed by atoms with Gasteiger partial charge in [0.05, 0.1) is 0 Å². The van der Waals surface area contributed by atoms with E-state index in [0.29, 0.717) is 28.9 Å². The van der Waals surface area contributed by atoms with Crippen LogP contribution in [-0.4, -0.2) is 33.8 Å². The molecule has 1 saturated heterocycles. The Balaban J connectivity index is 1.71. The third-order valence-electron chi connectivity index (χ3n) is 3.46. The van der Waals surface area contributed by atoms with Crippen LogP contribution in [0.1, 0.15) is 37.0 Å². The van der Waals surface area contributed by atoms with Crippen LogP contribution in [-0.2, 0) is 4.79 Å². The van der Waals surface area contributed by atoms with Gasteiger partial charge in [-0.2, -0.15) is 0 Å². The van der Waals surface area contributed by atoms with Crippen molar-refractivity contribution in [2.24, 2.45) is 0 Å². The first kappa shape index (κ1) is 16.9. The highest BCUT2D eigenvalue weighted by atomic mass is 32.2. The van der Waals surface area contributed by atoms with Gasteiger partial charge in [-0.3, -0.25) is 14.9 Å². The minimum atomic E-state index is -0.249. The first-order chi connectivity index (χ1) is 11.5. The molecule has 1 aromatic heterocycles. The molecule has 2 heterocycles. The number of nitrogens with one attached hydrogen (secondary N) is 1. The molecule has 1 aromatic carbocycles. The summed E-state index contributed by atoms with van der Waals surface area (Å²) >= 11 is 2.97. The van der Waals surface area contributed by atoms with Gasteiger partial charge in [-0.15, -0.1) is 10.2 Å². The molecule has 1 aliphatic heterocycles. The van der Waals surface area contributed by atoms with Crippen LogP contribution in [0.5, 0.6) is 0 Å². The van der Waals surface area contributed by atoms with Crippen LogP contribution in [0.15, 0.2) is 28.6 Å².